The first kappa shape index (κ1) is 18.4. The van der Waals surface area contributed by atoms with Gasteiger partial charge in [0.25, 0.3) is 5.91 Å². The van der Waals surface area contributed by atoms with Gasteiger partial charge in [-0.25, -0.2) is 9.29 Å². The Bertz CT molecular complexity index is 946. The van der Waals surface area contributed by atoms with Gasteiger partial charge in [0.2, 0.25) is 5.91 Å². The van der Waals surface area contributed by atoms with E-state index in [1.807, 2.05) is 17.0 Å². The molecule has 1 unspecified atom stereocenters. The van der Waals surface area contributed by atoms with E-state index in [1.165, 1.54) is 18.2 Å². The van der Waals surface area contributed by atoms with E-state index in [9.17, 15) is 14.0 Å². The molecule has 2 heterocycles. The van der Waals surface area contributed by atoms with Crippen molar-refractivity contribution in [3.05, 3.63) is 53.3 Å². The number of fused-ring (bicyclic) bond motifs is 1. The second-order valence-electron chi connectivity index (χ2n) is 6.94. The fraction of sp³-hybridized carbons (Fsp3) is 0.333. The molecule has 2 aromatic carbocycles. The normalized spacial score (nSPS) is 19.7. The average Bonchev–Trinajstić information content (AvgIpc) is 3.01. The van der Waals surface area contributed by atoms with Crippen molar-refractivity contribution < 1.29 is 23.5 Å². The molecule has 0 aromatic heterocycles. The zero-order valence-corrected chi connectivity index (χ0v) is 15.8. The number of rotatable bonds is 4. The molecule has 2 amide bonds. The Labute approximate surface area is 162 Å². The third-order valence-electron chi connectivity index (χ3n) is 5.40. The predicted octanol–water partition coefficient (Wildman–Crippen LogP) is 2.53. The van der Waals surface area contributed by atoms with Gasteiger partial charge in [-0.1, -0.05) is 12.1 Å². The Morgan fingerprint density at radius 3 is 2.39 bits per heavy atom. The second-order valence-corrected chi connectivity index (χ2v) is 6.94. The van der Waals surface area contributed by atoms with Crippen molar-refractivity contribution in [2.24, 2.45) is 0 Å². The summed E-state index contributed by atoms with van der Waals surface area (Å²) in [5.74, 6) is -0.0274. The number of ether oxygens (including phenoxy) is 2. The number of anilines is 1. The van der Waals surface area contributed by atoms with Crippen LogP contribution in [0.4, 0.5) is 10.1 Å². The molecule has 0 spiro atoms. The van der Waals surface area contributed by atoms with Crippen molar-refractivity contribution in [3.8, 4) is 11.5 Å². The van der Waals surface area contributed by atoms with Crippen LogP contribution in [0.3, 0.4) is 0 Å². The first-order valence-corrected chi connectivity index (χ1v) is 9.12. The molecule has 146 valence electrons. The second kappa shape index (κ2) is 7.24. The quantitative estimate of drug-likeness (QED) is 0.759. The lowest BCUT2D eigenvalue weighted by atomic mass is 9.97. The van der Waals surface area contributed by atoms with Crippen LogP contribution in [0.25, 0.3) is 0 Å². The Kier molecular flexibility index (Phi) is 4.77. The lowest BCUT2D eigenvalue weighted by Crippen LogP contribution is -2.44. The Morgan fingerprint density at radius 2 is 1.71 bits per heavy atom. The average molecular weight is 384 g/mol. The van der Waals surface area contributed by atoms with E-state index in [4.69, 9.17) is 9.47 Å². The number of hydrogen-bond acceptors (Lipinski definition) is 5. The minimum Gasteiger partial charge on any atom is -0.493 e. The lowest BCUT2D eigenvalue weighted by molar-refractivity contribution is -0.123. The number of hydrogen-bond donors (Lipinski definition) is 0. The van der Waals surface area contributed by atoms with Crippen molar-refractivity contribution in [3.63, 3.8) is 0 Å². The number of halogens is 1. The summed E-state index contributed by atoms with van der Waals surface area (Å²) in [6.07, 6.45) is 0.781. The topological polar surface area (TPSA) is 59.1 Å². The number of imide groups is 1. The van der Waals surface area contributed by atoms with E-state index in [2.05, 4.69) is 0 Å². The van der Waals surface area contributed by atoms with E-state index < -0.39 is 11.9 Å². The molecular weight excluding hydrogens is 363 g/mol. The summed E-state index contributed by atoms with van der Waals surface area (Å²) >= 11 is 0. The van der Waals surface area contributed by atoms with Crippen LogP contribution in [-0.4, -0.2) is 43.5 Å². The van der Waals surface area contributed by atoms with Gasteiger partial charge in [0.1, 0.15) is 5.82 Å². The number of methoxy groups -OCH3 is 2. The molecule has 0 bridgehead atoms. The molecule has 7 heteroatoms. The predicted molar refractivity (Wildman–Crippen MR) is 101 cm³/mol. The van der Waals surface area contributed by atoms with Crippen LogP contribution < -0.4 is 14.4 Å². The molecule has 0 saturated carbocycles. The Morgan fingerprint density at radius 1 is 1.04 bits per heavy atom. The van der Waals surface area contributed by atoms with Crippen LogP contribution >= 0.6 is 0 Å². The molecule has 2 aliphatic heterocycles. The highest BCUT2D eigenvalue weighted by atomic mass is 19.1. The molecule has 2 aliphatic rings. The number of carbonyl (C=O) groups is 2. The number of benzene rings is 2. The molecular formula is C21H21FN2O4. The van der Waals surface area contributed by atoms with Gasteiger partial charge in [-0.3, -0.25) is 14.5 Å². The molecule has 1 atom stereocenters. The summed E-state index contributed by atoms with van der Waals surface area (Å²) in [6, 6.07) is 9.13. The highest BCUT2D eigenvalue weighted by Gasteiger charge is 2.44. The maximum Gasteiger partial charge on any atom is 0.251 e. The van der Waals surface area contributed by atoms with E-state index in [-0.39, 0.29) is 23.9 Å². The van der Waals surface area contributed by atoms with Crippen LogP contribution in [0.5, 0.6) is 11.5 Å². The lowest BCUT2D eigenvalue weighted by Gasteiger charge is -2.32. The van der Waals surface area contributed by atoms with Gasteiger partial charge >= 0.3 is 0 Å². The zero-order valence-electron chi connectivity index (χ0n) is 15.8. The zero-order chi connectivity index (χ0) is 19.8. The number of amides is 2. The highest BCUT2D eigenvalue weighted by Crippen LogP contribution is 2.35. The van der Waals surface area contributed by atoms with Gasteiger partial charge in [-0.15, -0.1) is 0 Å². The molecule has 28 heavy (non-hydrogen) atoms. The van der Waals surface area contributed by atoms with Crippen molar-refractivity contribution in [1.82, 2.24) is 4.90 Å². The Balaban J connectivity index is 1.59. The van der Waals surface area contributed by atoms with Gasteiger partial charge < -0.3 is 9.47 Å². The molecule has 1 fully saturated rings. The fourth-order valence-corrected chi connectivity index (χ4v) is 3.96. The summed E-state index contributed by atoms with van der Waals surface area (Å²) in [6.45, 7) is 1.15. The first-order chi connectivity index (χ1) is 13.5. The first-order valence-electron chi connectivity index (χ1n) is 9.12. The summed E-state index contributed by atoms with van der Waals surface area (Å²) in [7, 11) is 3.18. The van der Waals surface area contributed by atoms with Gasteiger partial charge in [-0.2, -0.15) is 0 Å². The molecule has 4 rings (SSSR count). The molecule has 1 saturated heterocycles. The molecule has 0 aliphatic carbocycles. The molecule has 6 nitrogen and oxygen atoms in total. The van der Waals surface area contributed by atoms with Crippen molar-refractivity contribution in [2.45, 2.75) is 25.4 Å². The largest absolute Gasteiger partial charge is 0.493 e. The monoisotopic (exact) mass is 384 g/mol. The van der Waals surface area contributed by atoms with Crippen molar-refractivity contribution >= 4 is 17.5 Å². The van der Waals surface area contributed by atoms with Gasteiger partial charge in [0, 0.05) is 13.1 Å². The third kappa shape index (κ3) is 3.01. The molecule has 2 aromatic rings. The maximum absolute atomic E-state index is 14.1. The number of para-hydroxylation sites is 1. The minimum atomic E-state index is -0.589. The van der Waals surface area contributed by atoms with Crippen LogP contribution in [-0.2, 0) is 22.6 Å². The van der Waals surface area contributed by atoms with Crippen LogP contribution in [0.2, 0.25) is 0 Å². The third-order valence-corrected chi connectivity index (χ3v) is 5.40. The van der Waals surface area contributed by atoms with Gasteiger partial charge in [0.05, 0.1) is 32.4 Å². The highest BCUT2D eigenvalue weighted by molar-refractivity contribution is 6.22. The fourth-order valence-electron chi connectivity index (χ4n) is 3.96. The maximum atomic E-state index is 14.1. The summed E-state index contributed by atoms with van der Waals surface area (Å²) in [5.41, 5.74) is 2.19. The van der Waals surface area contributed by atoms with E-state index in [1.54, 1.807) is 20.3 Å². The van der Waals surface area contributed by atoms with Gasteiger partial charge in [-0.05, 0) is 41.8 Å². The van der Waals surface area contributed by atoms with Crippen LogP contribution in [0.1, 0.15) is 17.5 Å². The Hall–Kier alpha value is -2.93. The van der Waals surface area contributed by atoms with Crippen LogP contribution in [0.15, 0.2) is 36.4 Å². The van der Waals surface area contributed by atoms with E-state index in [0.717, 1.165) is 22.4 Å². The summed E-state index contributed by atoms with van der Waals surface area (Å²) in [5, 5.41) is 0. The minimum absolute atomic E-state index is 0.0174. The van der Waals surface area contributed by atoms with Gasteiger partial charge in [0.15, 0.2) is 11.5 Å². The summed E-state index contributed by atoms with van der Waals surface area (Å²) < 4.78 is 24.9. The van der Waals surface area contributed by atoms with Crippen molar-refractivity contribution in [1.29, 1.82) is 0 Å². The number of carbonyl (C=O) groups excluding carboxylic acids is 2. The standard InChI is InChI=1S/C21H21FN2O4/c1-27-18-9-13-7-8-23(12-14(13)10-19(18)28-2)17-11-20(25)24(21(17)26)16-6-4-3-5-15(16)22/h3-6,9-10,17H,7-8,11-12H2,1-2H3. The molecule has 0 radical (unpaired) electrons. The van der Waals surface area contributed by atoms with E-state index in [0.29, 0.717) is 24.6 Å². The van der Waals surface area contributed by atoms with E-state index >= 15 is 0 Å². The SMILES string of the molecule is COc1cc2c(cc1OC)CN(C1CC(=O)N(c3ccccc3F)C1=O)CC2. The van der Waals surface area contributed by atoms with Crippen molar-refractivity contribution in [2.75, 3.05) is 25.7 Å². The smallest absolute Gasteiger partial charge is 0.251 e. The molecule has 0 N–H and O–H groups in total. The number of nitrogens with zero attached hydrogens (tertiary/aromatic N) is 2. The summed E-state index contributed by atoms with van der Waals surface area (Å²) in [4.78, 5) is 28.4. The van der Waals surface area contributed by atoms with Crippen LogP contribution in [0, 0.1) is 5.82 Å².